The van der Waals surface area contributed by atoms with Gasteiger partial charge in [0.1, 0.15) is 0 Å². The van der Waals surface area contributed by atoms with E-state index < -0.39 is 0 Å². The number of unbranched alkanes of at least 4 members (excludes halogenated alkanes) is 1. The summed E-state index contributed by atoms with van der Waals surface area (Å²) in [5.74, 6) is 0. The van der Waals surface area contributed by atoms with Crippen molar-refractivity contribution in [1.82, 2.24) is 4.90 Å². The van der Waals surface area contributed by atoms with E-state index in [-0.39, 0.29) is 0 Å². The van der Waals surface area contributed by atoms with Crippen LogP contribution in [-0.4, -0.2) is 19.0 Å². The highest BCUT2D eigenvalue weighted by Crippen LogP contribution is 2.01. The predicted molar refractivity (Wildman–Crippen MR) is 60.6 cm³/mol. The lowest BCUT2D eigenvalue weighted by atomic mass is 10.3. The molecule has 0 aromatic heterocycles. The van der Waals surface area contributed by atoms with Crippen molar-refractivity contribution in [2.24, 2.45) is 0 Å². The van der Waals surface area contributed by atoms with E-state index in [4.69, 9.17) is 0 Å². The molecule has 0 rings (SSSR count). The van der Waals surface area contributed by atoms with Crippen molar-refractivity contribution in [1.29, 1.82) is 0 Å². The fourth-order valence-corrected chi connectivity index (χ4v) is 0.954. The van der Waals surface area contributed by atoms with Crippen molar-refractivity contribution in [3.8, 4) is 0 Å². The molecule has 0 radical (unpaired) electrons. The average molecular weight is 179 g/mol. The van der Waals surface area contributed by atoms with Gasteiger partial charge in [0.25, 0.3) is 0 Å². The molecule has 74 valence electrons. The molecule has 0 unspecified atom stereocenters. The van der Waals surface area contributed by atoms with Crippen LogP contribution in [0.3, 0.4) is 0 Å². The monoisotopic (exact) mass is 179 g/mol. The molecule has 0 heterocycles. The van der Waals surface area contributed by atoms with Crippen LogP contribution in [0.5, 0.6) is 0 Å². The van der Waals surface area contributed by atoms with E-state index in [2.05, 4.69) is 56.3 Å². The summed E-state index contributed by atoms with van der Waals surface area (Å²) in [6, 6.07) is 0. The first-order valence-electron chi connectivity index (χ1n) is 4.89. The Morgan fingerprint density at radius 2 is 2.00 bits per heavy atom. The van der Waals surface area contributed by atoms with Gasteiger partial charge in [-0.2, -0.15) is 0 Å². The van der Waals surface area contributed by atoms with Gasteiger partial charge in [0, 0.05) is 19.8 Å². The van der Waals surface area contributed by atoms with Crippen LogP contribution in [-0.2, 0) is 0 Å². The third kappa shape index (κ3) is 6.21. The lowest BCUT2D eigenvalue weighted by Gasteiger charge is -2.12. The van der Waals surface area contributed by atoms with Gasteiger partial charge in [0.2, 0.25) is 0 Å². The van der Waals surface area contributed by atoms with E-state index in [1.54, 1.807) is 0 Å². The second-order valence-corrected chi connectivity index (χ2v) is 3.20. The third-order valence-corrected chi connectivity index (χ3v) is 1.71. The Balaban J connectivity index is 4.19. The summed E-state index contributed by atoms with van der Waals surface area (Å²) in [5, 5.41) is 0. The summed E-state index contributed by atoms with van der Waals surface area (Å²) in [6.07, 6.45) is 13.0. The van der Waals surface area contributed by atoms with Crippen LogP contribution < -0.4 is 0 Å². The van der Waals surface area contributed by atoms with Gasteiger partial charge in [0.15, 0.2) is 0 Å². The molecule has 0 aliphatic rings. The molecule has 13 heavy (non-hydrogen) atoms. The zero-order valence-corrected chi connectivity index (χ0v) is 9.25. The molecule has 0 saturated carbocycles. The molecule has 0 atom stereocenters. The molecule has 1 nitrogen and oxygen atoms in total. The predicted octanol–water partition coefficient (Wildman–Crippen LogP) is 3.36. The molecule has 0 aromatic carbocycles. The molecular formula is C12H21N. The molecule has 0 bridgehead atoms. The smallest absolute Gasteiger partial charge is 0.0357 e. The molecular weight excluding hydrogens is 158 g/mol. The number of allylic oxidation sites excluding steroid dienone is 5. The van der Waals surface area contributed by atoms with Crippen LogP contribution in [0.25, 0.3) is 0 Å². The summed E-state index contributed by atoms with van der Waals surface area (Å²) in [5.41, 5.74) is 1.23. The summed E-state index contributed by atoms with van der Waals surface area (Å²) in [7, 11) is 4.11. The summed E-state index contributed by atoms with van der Waals surface area (Å²) < 4.78 is 0. The zero-order chi connectivity index (χ0) is 10.1. The van der Waals surface area contributed by atoms with E-state index in [0.717, 1.165) is 6.42 Å². The van der Waals surface area contributed by atoms with Gasteiger partial charge in [-0.05, 0) is 25.5 Å². The van der Waals surface area contributed by atoms with Crippen molar-refractivity contribution < 1.29 is 0 Å². The Bertz CT molecular complexity index is 197. The van der Waals surface area contributed by atoms with Crippen molar-refractivity contribution >= 4 is 0 Å². The highest BCUT2D eigenvalue weighted by molar-refractivity contribution is 5.21. The minimum Gasteiger partial charge on any atom is -0.378 e. The van der Waals surface area contributed by atoms with Crippen LogP contribution in [0.4, 0.5) is 0 Å². The quantitative estimate of drug-likeness (QED) is 0.585. The van der Waals surface area contributed by atoms with Gasteiger partial charge in [-0.15, -0.1) is 0 Å². The standard InChI is InChI=1S/C12H21N/c1-5-7-8-9-11-12(10-6-2)13(3)4/h6,8-11H,5,7H2,1-4H3/b9-8+,10-6-,12-11+. The number of likely N-dealkylation sites (N-methyl/N-ethyl adjacent to an activating group) is 1. The van der Waals surface area contributed by atoms with E-state index in [9.17, 15) is 0 Å². The van der Waals surface area contributed by atoms with Crippen LogP contribution in [0, 0.1) is 0 Å². The van der Waals surface area contributed by atoms with Crippen molar-refractivity contribution in [3.05, 3.63) is 36.1 Å². The molecule has 0 N–H and O–H groups in total. The minimum absolute atomic E-state index is 1.16. The molecule has 1 heteroatoms. The first-order valence-corrected chi connectivity index (χ1v) is 4.89. The Kier molecular flexibility index (Phi) is 7.08. The maximum Gasteiger partial charge on any atom is 0.0357 e. The Labute approximate surface area is 82.4 Å². The SMILES string of the molecule is C\C=C/C(=C\C=C\CCC)N(C)C. The van der Waals surface area contributed by atoms with Crippen LogP contribution >= 0.6 is 0 Å². The molecule has 0 aliphatic carbocycles. The Morgan fingerprint density at radius 3 is 2.46 bits per heavy atom. The highest BCUT2D eigenvalue weighted by atomic mass is 15.1. The van der Waals surface area contributed by atoms with Gasteiger partial charge in [-0.25, -0.2) is 0 Å². The van der Waals surface area contributed by atoms with Gasteiger partial charge >= 0.3 is 0 Å². The van der Waals surface area contributed by atoms with Gasteiger partial charge in [-0.1, -0.05) is 31.6 Å². The first-order chi connectivity index (χ1) is 6.22. The lowest BCUT2D eigenvalue weighted by molar-refractivity contribution is 0.530. The first kappa shape index (κ1) is 12.0. The number of nitrogens with zero attached hydrogens (tertiary/aromatic N) is 1. The number of rotatable bonds is 5. The van der Waals surface area contributed by atoms with Gasteiger partial charge in [-0.3, -0.25) is 0 Å². The Hall–Kier alpha value is -0.980. The van der Waals surface area contributed by atoms with Crippen molar-refractivity contribution in [3.63, 3.8) is 0 Å². The molecule has 0 amide bonds. The van der Waals surface area contributed by atoms with Crippen molar-refractivity contribution in [2.75, 3.05) is 14.1 Å². The van der Waals surface area contributed by atoms with Crippen LogP contribution in [0.2, 0.25) is 0 Å². The van der Waals surface area contributed by atoms with E-state index in [0.29, 0.717) is 0 Å². The van der Waals surface area contributed by atoms with Crippen LogP contribution in [0.1, 0.15) is 26.7 Å². The normalized spacial score (nSPS) is 13.1. The van der Waals surface area contributed by atoms with E-state index in [1.807, 2.05) is 6.92 Å². The van der Waals surface area contributed by atoms with E-state index in [1.165, 1.54) is 12.1 Å². The second-order valence-electron chi connectivity index (χ2n) is 3.20. The second kappa shape index (κ2) is 7.66. The minimum atomic E-state index is 1.16. The zero-order valence-electron chi connectivity index (χ0n) is 9.25. The molecule has 0 aromatic rings. The fraction of sp³-hybridized carbons (Fsp3) is 0.500. The van der Waals surface area contributed by atoms with Crippen LogP contribution in [0.15, 0.2) is 36.1 Å². The molecule has 0 fully saturated rings. The maximum absolute atomic E-state index is 2.20. The van der Waals surface area contributed by atoms with Crippen molar-refractivity contribution in [2.45, 2.75) is 26.7 Å². The topological polar surface area (TPSA) is 3.24 Å². The van der Waals surface area contributed by atoms with Gasteiger partial charge < -0.3 is 4.90 Å². The highest BCUT2D eigenvalue weighted by Gasteiger charge is 1.89. The van der Waals surface area contributed by atoms with E-state index >= 15 is 0 Å². The molecule has 0 spiro atoms. The fourth-order valence-electron chi connectivity index (χ4n) is 0.954. The summed E-state index contributed by atoms with van der Waals surface area (Å²) in [4.78, 5) is 2.11. The molecule has 0 saturated heterocycles. The average Bonchev–Trinajstić information content (AvgIpc) is 2.10. The summed E-state index contributed by atoms with van der Waals surface area (Å²) >= 11 is 0. The number of hydrogen-bond acceptors (Lipinski definition) is 1. The largest absolute Gasteiger partial charge is 0.378 e. The molecule has 0 aliphatic heterocycles. The Morgan fingerprint density at radius 1 is 1.31 bits per heavy atom. The maximum atomic E-state index is 2.20. The third-order valence-electron chi connectivity index (χ3n) is 1.71. The lowest BCUT2D eigenvalue weighted by Crippen LogP contribution is -2.08. The number of hydrogen-bond donors (Lipinski definition) is 0. The summed E-state index contributed by atoms with van der Waals surface area (Å²) in [6.45, 7) is 4.22. The van der Waals surface area contributed by atoms with Gasteiger partial charge in [0.05, 0.1) is 0 Å².